The van der Waals surface area contributed by atoms with Gasteiger partial charge in [-0.05, 0) is 56.3 Å². The van der Waals surface area contributed by atoms with Crippen LogP contribution in [0.4, 0.5) is 0 Å². The molecule has 3 aromatic rings. The molecule has 0 fully saturated rings. The molecule has 2 aromatic carbocycles. The summed E-state index contributed by atoms with van der Waals surface area (Å²) < 4.78 is 13.1. The summed E-state index contributed by atoms with van der Waals surface area (Å²) in [6, 6.07) is 15.5. The second-order valence-corrected chi connectivity index (χ2v) is 7.65. The summed E-state index contributed by atoms with van der Waals surface area (Å²) in [6.07, 6.45) is 0. The molecule has 0 saturated carbocycles. The summed E-state index contributed by atoms with van der Waals surface area (Å²) >= 11 is 7.60. The van der Waals surface area contributed by atoms with Gasteiger partial charge in [-0.25, -0.2) is 0 Å². The Hall–Kier alpha value is -2.18. The van der Waals surface area contributed by atoms with Crippen molar-refractivity contribution in [3.63, 3.8) is 0 Å². The number of nitrogens with zero attached hydrogens (tertiary/aromatic N) is 3. The van der Waals surface area contributed by atoms with Gasteiger partial charge in [-0.3, -0.25) is 4.57 Å². The van der Waals surface area contributed by atoms with Crippen molar-refractivity contribution < 1.29 is 9.47 Å². The van der Waals surface area contributed by atoms with E-state index in [4.69, 9.17) is 21.1 Å². The van der Waals surface area contributed by atoms with E-state index in [0.717, 1.165) is 33.8 Å². The minimum absolute atomic E-state index is 0.244. The number of hydrogen-bond acceptors (Lipinski definition) is 5. The third kappa shape index (κ3) is 4.96. The lowest BCUT2D eigenvalue weighted by Crippen LogP contribution is -2.07. The fraction of sp³-hybridized carbons (Fsp3) is 0.300. The van der Waals surface area contributed by atoms with E-state index in [9.17, 15) is 0 Å². The van der Waals surface area contributed by atoms with Gasteiger partial charge in [0.25, 0.3) is 0 Å². The van der Waals surface area contributed by atoms with Crippen LogP contribution in [0, 0.1) is 0 Å². The van der Waals surface area contributed by atoms with E-state index in [1.54, 1.807) is 18.9 Å². The number of benzene rings is 2. The van der Waals surface area contributed by atoms with E-state index >= 15 is 0 Å². The molecule has 0 spiro atoms. The third-order valence-electron chi connectivity index (χ3n) is 3.91. The first-order chi connectivity index (χ1) is 13.1. The molecule has 1 aromatic heterocycles. The molecule has 142 valence electrons. The lowest BCUT2D eigenvalue weighted by atomic mass is 10.2. The topological polar surface area (TPSA) is 49.2 Å². The quantitative estimate of drug-likeness (QED) is 0.374. The zero-order valence-corrected chi connectivity index (χ0v) is 17.1. The molecule has 0 radical (unpaired) electrons. The van der Waals surface area contributed by atoms with Crippen LogP contribution >= 0.6 is 23.4 Å². The number of methoxy groups -OCH3 is 1. The molecule has 0 unspecified atom stereocenters. The van der Waals surface area contributed by atoms with Gasteiger partial charge in [0.05, 0.1) is 13.7 Å². The van der Waals surface area contributed by atoms with Crippen molar-refractivity contribution in [1.82, 2.24) is 14.8 Å². The first-order valence-corrected chi connectivity index (χ1v) is 10.1. The normalized spacial score (nSPS) is 11.0. The van der Waals surface area contributed by atoms with Crippen LogP contribution in [0.3, 0.4) is 0 Å². The Bertz CT molecular complexity index is 881. The van der Waals surface area contributed by atoms with Gasteiger partial charge in [0.15, 0.2) is 11.0 Å². The Morgan fingerprint density at radius 3 is 2.52 bits per heavy atom. The van der Waals surface area contributed by atoms with Gasteiger partial charge in [-0.1, -0.05) is 29.4 Å². The molecular formula is C20H22ClN3O2S. The highest BCUT2D eigenvalue weighted by Gasteiger charge is 2.16. The predicted octanol–water partition coefficient (Wildman–Crippen LogP) is 5.36. The van der Waals surface area contributed by atoms with Crippen molar-refractivity contribution in [3.05, 3.63) is 53.6 Å². The maximum absolute atomic E-state index is 5.97. The molecule has 0 N–H and O–H groups in total. The van der Waals surface area contributed by atoms with Crippen LogP contribution in [-0.4, -0.2) is 34.2 Å². The zero-order chi connectivity index (χ0) is 19.2. The van der Waals surface area contributed by atoms with Crippen LogP contribution in [0.2, 0.25) is 5.02 Å². The SMILES string of the molecule is COc1ccc(-c2nnc(SCCOc3cccc(Cl)c3)n2C(C)C)cc1. The summed E-state index contributed by atoms with van der Waals surface area (Å²) in [5.74, 6) is 3.21. The number of hydrogen-bond donors (Lipinski definition) is 0. The van der Waals surface area contributed by atoms with Crippen molar-refractivity contribution in [1.29, 1.82) is 0 Å². The van der Waals surface area contributed by atoms with Gasteiger partial charge < -0.3 is 9.47 Å². The van der Waals surface area contributed by atoms with Crippen molar-refractivity contribution in [2.24, 2.45) is 0 Å². The molecule has 7 heteroatoms. The van der Waals surface area contributed by atoms with Gasteiger partial charge in [-0.15, -0.1) is 10.2 Å². The molecule has 0 saturated heterocycles. The van der Waals surface area contributed by atoms with Gasteiger partial charge in [0.2, 0.25) is 0 Å². The van der Waals surface area contributed by atoms with Crippen LogP contribution in [0.5, 0.6) is 11.5 Å². The molecule has 27 heavy (non-hydrogen) atoms. The molecule has 1 heterocycles. The van der Waals surface area contributed by atoms with E-state index in [1.807, 2.05) is 48.5 Å². The monoisotopic (exact) mass is 403 g/mol. The lowest BCUT2D eigenvalue weighted by Gasteiger charge is -2.14. The van der Waals surface area contributed by atoms with E-state index in [1.165, 1.54) is 0 Å². The molecular weight excluding hydrogens is 382 g/mol. The molecule has 0 aliphatic carbocycles. The van der Waals surface area contributed by atoms with Crippen molar-refractivity contribution in [2.75, 3.05) is 19.5 Å². The van der Waals surface area contributed by atoms with Gasteiger partial charge in [0.1, 0.15) is 11.5 Å². The van der Waals surface area contributed by atoms with Gasteiger partial charge in [-0.2, -0.15) is 0 Å². The van der Waals surface area contributed by atoms with E-state index < -0.39 is 0 Å². The Morgan fingerprint density at radius 2 is 1.85 bits per heavy atom. The highest BCUT2D eigenvalue weighted by molar-refractivity contribution is 7.99. The molecule has 0 amide bonds. The largest absolute Gasteiger partial charge is 0.497 e. The standard InChI is InChI=1S/C20H22ClN3O2S/c1-14(2)24-19(15-7-9-17(25-3)10-8-15)22-23-20(24)27-12-11-26-18-6-4-5-16(21)13-18/h4-10,13-14H,11-12H2,1-3H3. The fourth-order valence-electron chi connectivity index (χ4n) is 2.63. The minimum atomic E-state index is 0.244. The minimum Gasteiger partial charge on any atom is -0.497 e. The van der Waals surface area contributed by atoms with Crippen LogP contribution < -0.4 is 9.47 Å². The van der Waals surface area contributed by atoms with Gasteiger partial charge >= 0.3 is 0 Å². The Morgan fingerprint density at radius 1 is 1.07 bits per heavy atom. The molecule has 0 atom stereocenters. The second kappa shape index (κ2) is 9.15. The van der Waals surface area contributed by atoms with Crippen molar-refractivity contribution in [2.45, 2.75) is 25.0 Å². The number of rotatable bonds is 8. The number of thioether (sulfide) groups is 1. The lowest BCUT2D eigenvalue weighted by molar-refractivity contribution is 0.344. The molecule has 0 aliphatic rings. The summed E-state index contributed by atoms with van der Waals surface area (Å²) in [4.78, 5) is 0. The number of aromatic nitrogens is 3. The first kappa shape index (κ1) is 19.6. The highest BCUT2D eigenvalue weighted by atomic mass is 35.5. The van der Waals surface area contributed by atoms with Crippen LogP contribution in [-0.2, 0) is 0 Å². The summed E-state index contributed by atoms with van der Waals surface area (Å²) in [6.45, 7) is 4.82. The summed E-state index contributed by atoms with van der Waals surface area (Å²) in [5.41, 5.74) is 1.01. The Balaban J connectivity index is 1.67. The Labute approximate surface area is 168 Å². The van der Waals surface area contributed by atoms with Crippen molar-refractivity contribution in [3.8, 4) is 22.9 Å². The molecule has 0 bridgehead atoms. The van der Waals surface area contributed by atoms with Crippen LogP contribution in [0.25, 0.3) is 11.4 Å². The summed E-state index contributed by atoms with van der Waals surface area (Å²) in [5, 5.41) is 10.3. The smallest absolute Gasteiger partial charge is 0.191 e. The third-order valence-corrected chi connectivity index (χ3v) is 5.05. The van der Waals surface area contributed by atoms with Crippen LogP contribution in [0.1, 0.15) is 19.9 Å². The maximum atomic E-state index is 5.97. The average molecular weight is 404 g/mol. The first-order valence-electron chi connectivity index (χ1n) is 8.69. The molecule has 5 nitrogen and oxygen atoms in total. The zero-order valence-electron chi connectivity index (χ0n) is 15.6. The van der Waals surface area contributed by atoms with E-state index in [-0.39, 0.29) is 6.04 Å². The molecule has 0 aliphatic heterocycles. The number of halogens is 1. The Kier molecular flexibility index (Phi) is 6.63. The second-order valence-electron chi connectivity index (χ2n) is 6.15. The summed E-state index contributed by atoms with van der Waals surface area (Å²) in [7, 11) is 1.66. The van der Waals surface area contributed by atoms with Crippen LogP contribution in [0.15, 0.2) is 53.7 Å². The fourth-order valence-corrected chi connectivity index (χ4v) is 3.69. The van der Waals surface area contributed by atoms with Crippen molar-refractivity contribution >= 4 is 23.4 Å². The highest BCUT2D eigenvalue weighted by Crippen LogP contribution is 2.28. The predicted molar refractivity (Wildman–Crippen MR) is 110 cm³/mol. The van der Waals surface area contributed by atoms with E-state index in [2.05, 4.69) is 28.6 Å². The van der Waals surface area contributed by atoms with Gasteiger partial charge in [0, 0.05) is 22.4 Å². The molecule has 3 rings (SSSR count). The average Bonchev–Trinajstić information content (AvgIpc) is 3.09. The van der Waals surface area contributed by atoms with E-state index in [0.29, 0.717) is 11.6 Å². The number of ether oxygens (including phenoxy) is 2. The maximum Gasteiger partial charge on any atom is 0.191 e.